The monoisotopic (exact) mass is 540 g/mol. The number of carboxylic acids is 1. The third-order valence-corrected chi connectivity index (χ3v) is 5.62. The maximum atomic E-state index is 13.0. The van der Waals surface area contributed by atoms with E-state index in [0.29, 0.717) is 0 Å². The Kier molecular flexibility index (Phi) is 12.4. The summed E-state index contributed by atoms with van der Waals surface area (Å²) < 4.78 is 5.14. The van der Waals surface area contributed by atoms with Gasteiger partial charge in [0.1, 0.15) is 24.7 Å². The normalized spacial score (nSPS) is 12.9. The Morgan fingerprint density at radius 1 is 0.769 bits per heavy atom. The number of carbonyl (C=O) groups is 5. The maximum absolute atomic E-state index is 13.0. The minimum Gasteiger partial charge on any atom is -0.480 e. The number of amides is 4. The molecule has 4 amide bonds. The van der Waals surface area contributed by atoms with E-state index in [4.69, 9.17) is 4.74 Å². The fourth-order valence-corrected chi connectivity index (χ4v) is 3.59. The molecule has 11 nitrogen and oxygen atoms in total. The van der Waals surface area contributed by atoms with Crippen LogP contribution in [0.15, 0.2) is 60.7 Å². The number of aliphatic carboxylic acids is 1. The highest BCUT2D eigenvalue weighted by Crippen LogP contribution is 2.06. The van der Waals surface area contributed by atoms with Crippen LogP contribution in [-0.4, -0.2) is 59.6 Å². The van der Waals surface area contributed by atoms with Crippen molar-refractivity contribution >= 4 is 29.8 Å². The van der Waals surface area contributed by atoms with E-state index in [2.05, 4.69) is 21.3 Å². The first-order valence-corrected chi connectivity index (χ1v) is 12.7. The molecule has 0 aliphatic heterocycles. The third kappa shape index (κ3) is 11.7. The molecular formula is C28H36N4O7. The van der Waals surface area contributed by atoms with Gasteiger partial charge in [-0.25, -0.2) is 9.59 Å². The van der Waals surface area contributed by atoms with Crippen LogP contribution < -0.4 is 21.3 Å². The summed E-state index contributed by atoms with van der Waals surface area (Å²) in [5, 5.41) is 19.2. The summed E-state index contributed by atoms with van der Waals surface area (Å²) in [6.45, 7) is 4.67. The SMILES string of the molecule is CC(C)C[C@H](NC(=O)CNC(=O)[C@H](Cc1ccccc1)NC(=O)[C@H](C)NC(=O)OCc1ccccc1)C(=O)O. The molecule has 0 heterocycles. The van der Waals surface area contributed by atoms with E-state index >= 15 is 0 Å². The maximum Gasteiger partial charge on any atom is 0.408 e. The van der Waals surface area contributed by atoms with Crippen molar-refractivity contribution in [3.63, 3.8) is 0 Å². The number of benzene rings is 2. The molecule has 0 saturated heterocycles. The standard InChI is InChI=1S/C28H36N4O7/c1-18(2)14-23(27(36)37)31-24(33)16-29-26(35)22(15-20-10-6-4-7-11-20)32-25(34)19(3)30-28(38)39-17-21-12-8-5-9-13-21/h4-13,18-19,22-23H,14-17H2,1-3H3,(H,29,35)(H,30,38)(H,31,33)(H,32,34)(H,36,37)/t19-,22-,23-/m0/s1. The van der Waals surface area contributed by atoms with E-state index in [1.807, 2.05) is 38.1 Å². The van der Waals surface area contributed by atoms with Crippen molar-refractivity contribution in [2.45, 2.75) is 58.3 Å². The summed E-state index contributed by atoms with van der Waals surface area (Å²) in [5.41, 5.74) is 1.54. The van der Waals surface area contributed by atoms with Gasteiger partial charge in [0.2, 0.25) is 17.7 Å². The lowest BCUT2D eigenvalue weighted by molar-refractivity contribution is -0.142. The van der Waals surface area contributed by atoms with E-state index in [1.54, 1.807) is 36.4 Å². The Hall–Kier alpha value is -4.41. The molecule has 0 aliphatic rings. The fraction of sp³-hybridized carbons (Fsp3) is 0.393. The van der Waals surface area contributed by atoms with Crippen molar-refractivity contribution < 1.29 is 33.8 Å². The van der Waals surface area contributed by atoms with E-state index in [-0.39, 0.29) is 25.4 Å². The van der Waals surface area contributed by atoms with Gasteiger partial charge < -0.3 is 31.1 Å². The molecule has 11 heteroatoms. The van der Waals surface area contributed by atoms with Gasteiger partial charge in [-0.1, -0.05) is 74.5 Å². The minimum absolute atomic E-state index is 0.0298. The molecule has 2 aromatic rings. The minimum atomic E-state index is -1.17. The number of carbonyl (C=O) groups excluding carboxylic acids is 4. The Labute approximate surface area is 227 Å². The van der Waals surface area contributed by atoms with Crippen LogP contribution in [0.4, 0.5) is 4.79 Å². The van der Waals surface area contributed by atoms with Crippen molar-refractivity contribution in [3.8, 4) is 0 Å². The van der Waals surface area contributed by atoms with E-state index in [9.17, 15) is 29.1 Å². The van der Waals surface area contributed by atoms with Gasteiger partial charge >= 0.3 is 12.1 Å². The number of nitrogens with one attached hydrogen (secondary N) is 4. The van der Waals surface area contributed by atoms with Crippen LogP contribution in [0.3, 0.4) is 0 Å². The quantitative estimate of drug-likeness (QED) is 0.244. The second-order valence-corrected chi connectivity index (χ2v) is 9.48. The summed E-state index contributed by atoms with van der Waals surface area (Å²) >= 11 is 0. The molecule has 3 atom stereocenters. The number of hydrogen-bond donors (Lipinski definition) is 5. The molecule has 0 spiro atoms. The zero-order chi connectivity index (χ0) is 28.8. The number of ether oxygens (including phenoxy) is 1. The van der Waals surface area contributed by atoms with Gasteiger partial charge in [0.05, 0.1) is 6.54 Å². The first-order valence-electron chi connectivity index (χ1n) is 12.7. The summed E-state index contributed by atoms with van der Waals surface area (Å²) in [5.74, 6) is -3.07. The molecule has 39 heavy (non-hydrogen) atoms. The predicted octanol–water partition coefficient (Wildman–Crippen LogP) is 1.76. The number of carboxylic acid groups (broad SMARTS) is 1. The van der Waals surface area contributed by atoms with Gasteiger partial charge in [0, 0.05) is 6.42 Å². The van der Waals surface area contributed by atoms with E-state index in [0.717, 1.165) is 11.1 Å². The largest absolute Gasteiger partial charge is 0.480 e. The summed E-state index contributed by atoms with van der Waals surface area (Å²) in [6, 6.07) is 14.8. The predicted molar refractivity (Wildman–Crippen MR) is 143 cm³/mol. The fourth-order valence-electron chi connectivity index (χ4n) is 3.59. The van der Waals surface area contributed by atoms with Gasteiger partial charge in [0.25, 0.3) is 0 Å². The second kappa shape index (κ2) is 15.8. The molecule has 0 radical (unpaired) electrons. The topological polar surface area (TPSA) is 163 Å². The average Bonchev–Trinajstić information content (AvgIpc) is 2.90. The van der Waals surface area contributed by atoms with Crippen molar-refractivity contribution in [2.24, 2.45) is 5.92 Å². The highest BCUT2D eigenvalue weighted by molar-refractivity contribution is 5.93. The van der Waals surface area contributed by atoms with Gasteiger partial charge in [-0.2, -0.15) is 0 Å². The van der Waals surface area contributed by atoms with Crippen molar-refractivity contribution in [1.82, 2.24) is 21.3 Å². The zero-order valence-electron chi connectivity index (χ0n) is 22.3. The van der Waals surface area contributed by atoms with Gasteiger partial charge in [-0.05, 0) is 30.4 Å². The summed E-state index contributed by atoms with van der Waals surface area (Å²) in [7, 11) is 0. The first kappa shape index (κ1) is 30.8. The Balaban J connectivity index is 1.96. The summed E-state index contributed by atoms with van der Waals surface area (Å²) in [6.07, 6.45) is -0.437. The van der Waals surface area contributed by atoms with Crippen molar-refractivity contribution in [3.05, 3.63) is 71.8 Å². The highest BCUT2D eigenvalue weighted by Gasteiger charge is 2.26. The van der Waals surface area contributed by atoms with Crippen LogP contribution >= 0.6 is 0 Å². The average molecular weight is 541 g/mol. The smallest absolute Gasteiger partial charge is 0.408 e. The highest BCUT2D eigenvalue weighted by atomic mass is 16.5. The lowest BCUT2D eigenvalue weighted by atomic mass is 10.0. The lowest BCUT2D eigenvalue weighted by Crippen LogP contribution is -2.55. The molecule has 0 saturated carbocycles. The van der Waals surface area contributed by atoms with Crippen LogP contribution in [0, 0.1) is 5.92 Å². The third-order valence-electron chi connectivity index (χ3n) is 5.62. The Morgan fingerprint density at radius 2 is 1.36 bits per heavy atom. The molecular weight excluding hydrogens is 504 g/mol. The molecule has 5 N–H and O–H groups in total. The Morgan fingerprint density at radius 3 is 1.92 bits per heavy atom. The van der Waals surface area contributed by atoms with Gasteiger partial charge in [-0.15, -0.1) is 0 Å². The molecule has 0 fully saturated rings. The molecule has 0 aliphatic carbocycles. The van der Waals surface area contributed by atoms with Crippen molar-refractivity contribution in [2.75, 3.05) is 6.54 Å². The molecule has 2 rings (SSSR count). The lowest BCUT2D eigenvalue weighted by Gasteiger charge is -2.22. The van der Waals surface area contributed by atoms with E-state index in [1.165, 1.54) is 6.92 Å². The molecule has 210 valence electrons. The zero-order valence-corrected chi connectivity index (χ0v) is 22.3. The van der Waals surface area contributed by atoms with Gasteiger partial charge in [0.15, 0.2) is 0 Å². The van der Waals surface area contributed by atoms with E-state index < -0.39 is 54.5 Å². The van der Waals surface area contributed by atoms with Crippen LogP contribution in [0.1, 0.15) is 38.3 Å². The molecule has 0 aromatic heterocycles. The Bertz CT molecular complexity index is 1110. The summed E-state index contributed by atoms with van der Waals surface area (Å²) in [4.78, 5) is 61.6. The molecule has 2 aromatic carbocycles. The number of rotatable bonds is 14. The number of hydrogen-bond acceptors (Lipinski definition) is 6. The second-order valence-electron chi connectivity index (χ2n) is 9.48. The van der Waals surface area contributed by atoms with Crippen LogP contribution in [-0.2, 0) is 36.9 Å². The molecule has 0 bridgehead atoms. The van der Waals surface area contributed by atoms with Crippen LogP contribution in [0.25, 0.3) is 0 Å². The molecule has 0 unspecified atom stereocenters. The first-order chi connectivity index (χ1) is 18.5. The van der Waals surface area contributed by atoms with Crippen LogP contribution in [0.2, 0.25) is 0 Å². The number of alkyl carbamates (subject to hydrolysis) is 1. The van der Waals surface area contributed by atoms with Gasteiger partial charge in [-0.3, -0.25) is 14.4 Å². The van der Waals surface area contributed by atoms with Crippen molar-refractivity contribution in [1.29, 1.82) is 0 Å². The van der Waals surface area contributed by atoms with Crippen LogP contribution in [0.5, 0.6) is 0 Å².